The summed E-state index contributed by atoms with van der Waals surface area (Å²) in [4.78, 5) is 4.15. The van der Waals surface area contributed by atoms with E-state index in [1.54, 1.807) is 6.92 Å². The molecule has 7 nitrogen and oxygen atoms in total. The molecule has 0 unspecified atom stereocenters. The Morgan fingerprint density at radius 2 is 2.22 bits per heavy atom. The molecule has 0 aromatic carbocycles. The maximum absolute atomic E-state index is 5.63. The average Bonchev–Trinajstić information content (AvgIpc) is 2.94. The van der Waals surface area contributed by atoms with Crippen LogP contribution in [0.25, 0.3) is 0 Å². The van der Waals surface area contributed by atoms with Gasteiger partial charge >= 0.3 is 0 Å². The van der Waals surface area contributed by atoms with Crippen molar-refractivity contribution in [2.75, 3.05) is 0 Å². The van der Waals surface area contributed by atoms with Crippen molar-refractivity contribution < 1.29 is 4.52 Å². The first-order valence-electron chi connectivity index (χ1n) is 5.78. The summed E-state index contributed by atoms with van der Waals surface area (Å²) in [5.74, 6) is 2.63. The molecule has 0 bridgehead atoms. The first kappa shape index (κ1) is 13.0. The number of aromatic nitrogens is 5. The van der Waals surface area contributed by atoms with Gasteiger partial charge in [0, 0.05) is 6.54 Å². The lowest BCUT2D eigenvalue weighted by Crippen LogP contribution is -2.09. The maximum Gasteiger partial charge on any atom is 0.237 e. The van der Waals surface area contributed by atoms with Gasteiger partial charge in [-0.2, -0.15) is 4.98 Å². The first-order valence-corrected chi connectivity index (χ1v) is 6.77. The highest BCUT2D eigenvalue weighted by atomic mass is 32.2. The van der Waals surface area contributed by atoms with Crippen molar-refractivity contribution in [3.8, 4) is 0 Å². The summed E-state index contributed by atoms with van der Waals surface area (Å²) < 4.78 is 7.09. The molecule has 0 aliphatic heterocycles. The first-order chi connectivity index (χ1) is 8.74. The van der Waals surface area contributed by atoms with Gasteiger partial charge in [0.1, 0.15) is 5.82 Å². The van der Waals surface area contributed by atoms with Gasteiger partial charge in [0.15, 0.2) is 11.0 Å². The molecule has 0 aliphatic rings. The number of nitrogens with two attached hydrogens (primary N) is 1. The molecule has 2 aromatic heterocycles. The van der Waals surface area contributed by atoms with E-state index in [0.717, 1.165) is 23.9 Å². The molecule has 2 heterocycles. The predicted octanol–water partition coefficient (Wildman–Crippen LogP) is 1.13. The molecule has 0 fully saturated rings. The Bertz CT molecular complexity index is 508. The predicted molar refractivity (Wildman–Crippen MR) is 66.8 cm³/mol. The monoisotopic (exact) mass is 268 g/mol. The second-order valence-corrected chi connectivity index (χ2v) is 4.72. The standard InChI is InChI=1S/C10H16N6OS/c1-3-4-16-8(5-11)13-14-10(16)18-6-9-12-7(2)15-17-9/h3-6,11H2,1-2H3. The van der Waals surface area contributed by atoms with E-state index in [-0.39, 0.29) is 0 Å². The fraction of sp³-hybridized carbons (Fsp3) is 0.600. The molecule has 8 heteroatoms. The number of aryl methyl sites for hydroxylation is 1. The lowest BCUT2D eigenvalue weighted by atomic mass is 10.4. The van der Waals surface area contributed by atoms with Crippen LogP contribution in [-0.4, -0.2) is 24.9 Å². The van der Waals surface area contributed by atoms with Gasteiger partial charge < -0.3 is 14.8 Å². The van der Waals surface area contributed by atoms with Crippen molar-refractivity contribution in [3.63, 3.8) is 0 Å². The van der Waals surface area contributed by atoms with Gasteiger partial charge in [0.2, 0.25) is 5.89 Å². The van der Waals surface area contributed by atoms with E-state index in [1.165, 1.54) is 11.8 Å². The molecular formula is C10H16N6OS. The lowest BCUT2D eigenvalue weighted by molar-refractivity contribution is 0.387. The van der Waals surface area contributed by atoms with E-state index >= 15 is 0 Å². The van der Waals surface area contributed by atoms with Gasteiger partial charge in [0.05, 0.1) is 12.3 Å². The number of hydrogen-bond donors (Lipinski definition) is 1. The van der Waals surface area contributed by atoms with Crippen LogP contribution in [0.4, 0.5) is 0 Å². The summed E-state index contributed by atoms with van der Waals surface area (Å²) in [5.41, 5.74) is 5.63. The SMILES string of the molecule is CCCn1c(CN)nnc1SCc1nc(C)no1. The van der Waals surface area contributed by atoms with E-state index in [2.05, 4.69) is 27.3 Å². The van der Waals surface area contributed by atoms with E-state index in [1.807, 2.05) is 4.57 Å². The van der Waals surface area contributed by atoms with Crippen LogP contribution in [0.15, 0.2) is 9.68 Å². The van der Waals surface area contributed by atoms with E-state index < -0.39 is 0 Å². The summed E-state index contributed by atoms with van der Waals surface area (Å²) in [6.45, 7) is 5.16. The largest absolute Gasteiger partial charge is 0.338 e. The van der Waals surface area contributed by atoms with Crippen LogP contribution in [0, 0.1) is 6.92 Å². The zero-order chi connectivity index (χ0) is 13.0. The maximum atomic E-state index is 5.63. The minimum atomic E-state index is 0.396. The van der Waals surface area contributed by atoms with Gasteiger partial charge in [-0.25, -0.2) is 0 Å². The third kappa shape index (κ3) is 2.88. The molecule has 18 heavy (non-hydrogen) atoms. The quantitative estimate of drug-likeness (QED) is 0.784. The molecular weight excluding hydrogens is 252 g/mol. The Morgan fingerprint density at radius 1 is 1.39 bits per heavy atom. The molecule has 0 saturated heterocycles. The highest BCUT2D eigenvalue weighted by Crippen LogP contribution is 2.21. The summed E-state index contributed by atoms with van der Waals surface area (Å²) in [7, 11) is 0. The van der Waals surface area contributed by atoms with Crippen LogP contribution in [0.1, 0.15) is 30.9 Å². The summed E-state index contributed by atoms with van der Waals surface area (Å²) in [6, 6.07) is 0. The number of hydrogen-bond acceptors (Lipinski definition) is 7. The van der Waals surface area contributed by atoms with Crippen LogP contribution in [0.2, 0.25) is 0 Å². The molecule has 0 atom stereocenters. The molecule has 2 rings (SSSR count). The van der Waals surface area contributed by atoms with Gasteiger partial charge in [-0.05, 0) is 13.3 Å². The van der Waals surface area contributed by atoms with Crippen molar-refractivity contribution in [2.45, 2.75) is 44.3 Å². The van der Waals surface area contributed by atoms with Crippen molar-refractivity contribution >= 4 is 11.8 Å². The zero-order valence-corrected chi connectivity index (χ0v) is 11.3. The van der Waals surface area contributed by atoms with Crippen LogP contribution in [0.3, 0.4) is 0 Å². The van der Waals surface area contributed by atoms with Crippen LogP contribution in [-0.2, 0) is 18.8 Å². The van der Waals surface area contributed by atoms with Crippen LogP contribution in [0.5, 0.6) is 0 Å². The fourth-order valence-corrected chi connectivity index (χ4v) is 2.37. The van der Waals surface area contributed by atoms with Crippen molar-refractivity contribution in [1.29, 1.82) is 0 Å². The normalized spacial score (nSPS) is 11.1. The molecule has 2 N–H and O–H groups in total. The number of nitrogens with zero attached hydrogens (tertiary/aromatic N) is 5. The van der Waals surface area contributed by atoms with Gasteiger partial charge in [-0.1, -0.05) is 23.8 Å². The molecule has 2 aromatic rings. The minimum absolute atomic E-state index is 0.396. The fourth-order valence-electron chi connectivity index (χ4n) is 1.55. The Labute approximate surface area is 109 Å². The number of thioether (sulfide) groups is 1. The van der Waals surface area contributed by atoms with Crippen molar-refractivity contribution in [3.05, 3.63) is 17.5 Å². The Hall–Kier alpha value is -1.41. The van der Waals surface area contributed by atoms with Crippen molar-refractivity contribution in [1.82, 2.24) is 24.9 Å². The Kier molecular flexibility index (Phi) is 4.32. The molecule has 0 saturated carbocycles. The molecule has 0 amide bonds. The zero-order valence-electron chi connectivity index (χ0n) is 10.5. The summed E-state index contributed by atoms with van der Waals surface area (Å²) >= 11 is 1.53. The van der Waals surface area contributed by atoms with Crippen LogP contribution >= 0.6 is 11.8 Å². The second kappa shape index (κ2) is 5.96. The Balaban J connectivity index is 2.06. The highest BCUT2D eigenvalue weighted by Gasteiger charge is 2.12. The highest BCUT2D eigenvalue weighted by molar-refractivity contribution is 7.98. The van der Waals surface area contributed by atoms with Gasteiger partial charge in [-0.3, -0.25) is 0 Å². The molecule has 98 valence electrons. The lowest BCUT2D eigenvalue weighted by Gasteiger charge is -2.06. The molecule has 0 aliphatic carbocycles. The van der Waals surface area contributed by atoms with E-state index in [0.29, 0.717) is 24.0 Å². The average molecular weight is 268 g/mol. The minimum Gasteiger partial charge on any atom is -0.338 e. The number of rotatable bonds is 6. The third-order valence-electron chi connectivity index (χ3n) is 2.32. The van der Waals surface area contributed by atoms with Gasteiger partial charge in [-0.15, -0.1) is 10.2 Å². The summed E-state index contributed by atoms with van der Waals surface area (Å²) in [6.07, 6.45) is 1.01. The Morgan fingerprint density at radius 3 is 2.83 bits per heavy atom. The van der Waals surface area contributed by atoms with Crippen LogP contribution < -0.4 is 5.73 Å². The van der Waals surface area contributed by atoms with E-state index in [9.17, 15) is 0 Å². The van der Waals surface area contributed by atoms with E-state index in [4.69, 9.17) is 10.3 Å². The smallest absolute Gasteiger partial charge is 0.237 e. The summed E-state index contributed by atoms with van der Waals surface area (Å²) in [5, 5.41) is 12.8. The third-order valence-corrected chi connectivity index (χ3v) is 3.27. The van der Waals surface area contributed by atoms with Gasteiger partial charge in [0.25, 0.3) is 0 Å². The topological polar surface area (TPSA) is 95.7 Å². The van der Waals surface area contributed by atoms with Crippen molar-refractivity contribution in [2.24, 2.45) is 5.73 Å². The molecule has 0 spiro atoms. The second-order valence-electron chi connectivity index (χ2n) is 3.78. The molecule has 0 radical (unpaired) electrons.